The molecule has 0 saturated carbocycles. The monoisotopic (exact) mass is 240 g/mol. The number of ketones is 1. The summed E-state index contributed by atoms with van der Waals surface area (Å²) >= 11 is 0. The fraction of sp³-hybridized carbons (Fsp3) is 0.462. The lowest BCUT2D eigenvalue weighted by Crippen LogP contribution is -2.04. The van der Waals surface area contributed by atoms with Gasteiger partial charge in [-0.25, -0.2) is 4.39 Å². The fourth-order valence-electron chi connectivity index (χ4n) is 1.55. The van der Waals surface area contributed by atoms with E-state index >= 15 is 0 Å². The lowest BCUT2D eigenvalue weighted by molar-refractivity contribution is -0.118. The summed E-state index contributed by atoms with van der Waals surface area (Å²) in [5.74, 6) is -0.151. The molecule has 0 atom stereocenters. The van der Waals surface area contributed by atoms with Crippen LogP contribution in [0.4, 0.5) is 4.39 Å². The van der Waals surface area contributed by atoms with Gasteiger partial charge in [-0.05, 0) is 24.1 Å². The van der Waals surface area contributed by atoms with Crippen molar-refractivity contribution in [3.63, 3.8) is 0 Å². The molecular formula is C13H17FO3. The van der Waals surface area contributed by atoms with Crippen LogP contribution in [0.3, 0.4) is 0 Å². The van der Waals surface area contributed by atoms with E-state index in [0.29, 0.717) is 25.0 Å². The lowest BCUT2D eigenvalue weighted by Gasteiger charge is -2.05. The zero-order chi connectivity index (χ0) is 12.7. The SMILES string of the molecule is COCCCC(=O)Cc1ccc(OC)c(F)c1. The summed E-state index contributed by atoms with van der Waals surface area (Å²) in [5.41, 5.74) is 0.672. The Kier molecular flexibility index (Phi) is 5.63. The highest BCUT2D eigenvalue weighted by Gasteiger charge is 2.07. The van der Waals surface area contributed by atoms with Crippen molar-refractivity contribution in [3.05, 3.63) is 29.6 Å². The summed E-state index contributed by atoms with van der Waals surface area (Å²) in [7, 11) is 3.01. The molecule has 1 rings (SSSR count). The number of carbonyl (C=O) groups is 1. The predicted molar refractivity (Wildman–Crippen MR) is 62.8 cm³/mol. The Bertz CT molecular complexity index is 377. The molecule has 94 valence electrons. The summed E-state index contributed by atoms with van der Waals surface area (Å²) in [6, 6.07) is 4.58. The molecule has 0 aliphatic heterocycles. The van der Waals surface area contributed by atoms with Gasteiger partial charge in [0.25, 0.3) is 0 Å². The van der Waals surface area contributed by atoms with Crippen molar-refractivity contribution in [1.82, 2.24) is 0 Å². The molecule has 4 heteroatoms. The Morgan fingerprint density at radius 2 is 2.12 bits per heavy atom. The number of ether oxygens (including phenoxy) is 2. The van der Waals surface area contributed by atoms with Gasteiger partial charge in [0.1, 0.15) is 5.78 Å². The molecule has 1 aromatic carbocycles. The first-order valence-corrected chi connectivity index (χ1v) is 5.50. The zero-order valence-electron chi connectivity index (χ0n) is 10.2. The van der Waals surface area contributed by atoms with Crippen LogP contribution < -0.4 is 4.74 Å². The van der Waals surface area contributed by atoms with Crippen LogP contribution in [0.25, 0.3) is 0 Å². The highest BCUT2D eigenvalue weighted by molar-refractivity contribution is 5.80. The third kappa shape index (κ3) is 4.53. The normalized spacial score (nSPS) is 10.3. The molecule has 0 aliphatic carbocycles. The van der Waals surface area contributed by atoms with Gasteiger partial charge >= 0.3 is 0 Å². The number of Topliss-reactive ketones (excluding diaryl/α,β-unsaturated/α-hetero) is 1. The molecule has 0 fully saturated rings. The number of hydrogen-bond donors (Lipinski definition) is 0. The lowest BCUT2D eigenvalue weighted by atomic mass is 10.1. The number of hydrogen-bond acceptors (Lipinski definition) is 3. The Morgan fingerprint density at radius 1 is 1.35 bits per heavy atom. The highest BCUT2D eigenvalue weighted by atomic mass is 19.1. The van der Waals surface area contributed by atoms with E-state index < -0.39 is 5.82 Å². The largest absolute Gasteiger partial charge is 0.494 e. The maximum absolute atomic E-state index is 13.4. The first kappa shape index (κ1) is 13.6. The minimum atomic E-state index is -0.435. The van der Waals surface area contributed by atoms with Crippen molar-refractivity contribution in [2.45, 2.75) is 19.3 Å². The van der Waals surface area contributed by atoms with E-state index in [1.807, 2.05) is 0 Å². The molecule has 0 N–H and O–H groups in total. The Labute approximate surface area is 101 Å². The van der Waals surface area contributed by atoms with Crippen molar-refractivity contribution >= 4 is 5.78 Å². The first-order chi connectivity index (χ1) is 8.17. The maximum Gasteiger partial charge on any atom is 0.165 e. The minimum absolute atomic E-state index is 0.0895. The Morgan fingerprint density at radius 3 is 2.71 bits per heavy atom. The van der Waals surface area contributed by atoms with Crippen molar-refractivity contribution < 1.29 is 18.7 Å². The van der Waals surface area contributed by atoms with Gasteiger partial charge < -0.3 is 9.47 Å². The van der Waals surface area contributed by atoms with Crippen molar-refractivity contribution in [1.29, 1.82) is 0 Å². The summed E-state index contributed by atoms with van der Waals surface area (Å²) in [6.07, 6.45) is 1.42. The number of benzene rings is 1. The van der Waals surface area contributed by atoms with Crippen LogP contribution in [0.15, 0.2) is 18.2 Å². The molecule has 0 saturated heterocycles. The van der Waals surface area contributed by atoms with Crippen LogP contribution in [0.2, 0.25) is 0 Å². The average Bonchev–Trinajstić information content (AvgIpc) is 2.29. The third-order valence-corrected chi connectivity index (χ3v) is 2.42. The summed E-state index contributed by atoms with van der Waals surface area (Å²) in [4.78, 5) is 11.5. The van der Waals surface area contributed by atoms with Crippen LogP contribution in [0.1, 0.15) is 18.4 Å². The van der Waals surface area contributed by atoms with Gasteiger partial charge in [-0.1, -0.05) is 6.07 Å². The molecule has 0 unspecified atom stereocenters. The van der Waals surface area contributed by atoms with Gasteiger partial charge in [0.2, 0.25) is 0 Å². The van der Waals surface area contributed by atoms with Crippen molar-refractivity contribution in [3.8, 4) is 5.75 Å². The summed E-state index contributed by atoms with van der Waals surface area (Å²) < 4.78 is 23.0. The van der Waals surface area contributed by atoms with E-state index in [1.165, 1.54) is 19.2 Å². The molecule has 17 heavy (non-hydrogen) atoms. The van der Waals surface area contributed by atoms with E-state index in [0.717, 1.165) is 0 Å². The van der Waals surface area contributed by atoms with Gasteiger partial charge in [-0.15, -0.1) is 0 Å². The molecule has 3 nitrogen and oxygen atoms in total. The highest BCUT2D eigenvalue weighted by Crippen LogP contribution is 2.18. The van der Waals surface area contributed by atoms with Crippen molar-refractivity contribution in [2.75, 3.05) is 20.8 Å². The molecular weight excluding hydrogens is 223 g/mol. The van der Waals surface area contributed by atoms with E-state index in [-0.39, 0.29) is 18.0 Å². The molecule has 0 spiro atoms. The third-order valence-electron chi connectivity index (χ3n) is 2.42. The number of methoxy groups -OCH3 is 2. The van der Waals surface area contributed by atoms with Crippen LogP contribution in [0, 0.1) is 5.82 Å². The summed E-state index contributed by atoms with van der Waals surface area (Å²) in [6.45, 7) is 0.572. The van der Waals surface area contributed by atoms with Crippen molar-refractivity contribution in [2.24, 2.45) is 0 Å². The molecule has 0 aliphatic rings. The van der Waals surface area contributed by atoms with E-state index in [2.05, 4.69) is 0 Å². The fourth-order valence-corrected chi connectivity index (χ4v) is 1.55. The average molecular weight is 240 g/mol. The molecule has 0 aromatic heterocycles. The standard InChI is InChI=1S/C13H17FO3/c1-16-7-3-4-11(15)8-10-5-6-13(17-2)12(14)9-10/h5-6,9H,3-4,7-8H2,1-2H3. The zero-order valence-corrected chi connectivity index (χ0v) is 10.2. The van der Waals surface area contributed by atoms with E-state index in [9.17, 15) is 9.18 Å². The second-order valence-corrected chi connectivity index (χ2v) is 3.78. The second-order valence-electron chi connectivity index (χ2n) is 3.78. The molecule has 0 radical (unpaired) electrons. The first-order valence-electron chi connectivity index (χ1n) is 5.50. The van der Waals surface area contributed by atoms with Gasteiger partial charge in [-0.3, -0.25) is 4.79 Å². The summed E-state index contributed by atoms with van der Waals surface area (Å²) in [5, 5.41) is 0. The molecule has 0 amide bonds. The van der Waals surface area contributed by atoms with Gasteiger partial charge in [0.05, 0.1) is 7.11 Å². The van der Waals surface area contributed by atoms with Gasteiger partial charge in [0, 0.05) is 26.6 Å². The predicted octanol–water partition coefficient (Wildman–Crippen LogP) is 2.37. The number of carbonyl (C=O) groups excluding carboxylic acids is 1. The number of halogens is 1. The quantitative estimate of drug-likeness (QED) is 0.686. The topological polar surface area (TPSA) is 35.5 Å². The number of rotatable bonds is 7. The molecule has 0 bridgehead atoms. The van der Waals surface area contributed by atoms with Crippen LogP contribution in [-0.2, 0) is 16.0 Å². The van der Waals surface area contributed by atoms with Crippen LogP contribution in [0.5, 0.6) is 5.75 Å². The van der Waals surface area contributed by atoms with Gasteiger partial charge in [0.15, 0.2) is 11.6 Å². The van der Waals surface area contributed by atoms with Gasteiger partial charge in [-0.2, -0.15) is 0 Å². The second kappa shape index (κ2) is 7.01. The Balaban J connectivity index is 2.51. The van der Waals surface area contributed by atoms with Crippen LogP contribution in [-0.4, -0.2) is 26.6 Å². The molecule has 0 heterocycles. The van der Waals surface area contributed by atoms with E-state index in [1.54, 1.807) is 13.2 Å². The Hall–Kier alpha value is -1.42. The smallest absolute Gasteiger partial charge is 0.165 e. The molecule has 1 aromatic rings. The van der Waals surface area contributed by atoms with Crippen LogP contribution >= 0.6 is 0 Å². The maximum atomic E-state index is 13.4. The van der Waals surface area contributed by atoms with E-state index in [4.69, 9.17) is 9.47 Å². The minimum Gasteiger partial charge on any atom is -0.494 e.